The van der Waals surface area contributed by atoms with E-state index in [-0.39, 0.29) is 15.8 Å². The van der Waals surface area contributed by atoms with Gasteiger partial charge in [-0.2, -0.15) is 15.8 Å². The molecule has 22 heavy (non-hydrogen) atoms. The molecule has 3 N–H and O–H groups in total. The van der Waals surface area contributed by atoms with Crippen LogP contribution in [0.2, 0.25) is 0 Å². The first kappa shape index (κ1) is 16.8. The number of furan rings is 1. The molecule has 0 fully saturated rings. The zero-order chi connectivity index (χ0) is 16.8. The number of rotatable bonds is 4. The van der Waals surface area contributed by atoms with Gasteiger partial charge < -0.3 is 15.6 Å². The summed E-state index contributed by atoms with van der Waals surface area (Å²) in [4.78, 5) is 0. The molecule has 1 atom stereocenters. The van der Waals surface area contributed by atoms with E-state index in [4.69, 9.17) is 33.0 Å². The van der Waals surface area contributed by atoms with Crippen molar-refractivity contribution in [2.24, 2.45) is 10.8 Å². The van der Waals surface area contributed by atoms with Crippen molar-refractivity contribution in [3.63, 3.8) is 0 Å². The highest BCUT2D eigenvalue weighted by Crippen LogP contribution is 2.09. The van der Waals surface area contributed by atoms with E-state index < -0.39 is 11.1 Å². The lowest BCUT2D eigenvalue weighted by atomic mass is 9.94. The monoisotopic (exact) mass is 311 g/mol. The van der Waals surface area contributed by atoms with Crippen molar-refractivity contribution in [1.82, 2.24) is 0 Å². The van der Waals surface area contributed by atoms with Gasteiger partial charge in [-0.3, -0.25) is 0 Å². The Balaban J connectivity index is 3.55. The van der Waals surface area contributed by atoms with Crippen LogP contribution in [0.5, 0.6) is 0 Å². The number of nitrogens with zero attached hydrogens (tertiary/aromatic N) is 5. The quantitative estimate of drug-likeness (QED) is 0.334. The fraction of sp³-hybridized carbons (Fsp3) is 0.154. The van der Waals surface area contributed by atoms with Crippen molar-refractivity contribution >= 4 is 28.9 Å². The van der Waals surface area contributed by atoms with Gasteiger partial charge in [0.25, 0.3) is 5.11 Å². The number of thiocarbonyl (C=S) groups is 1. The summed E-state index contributed by atoms with van der Waals surface area (Å²) in [6.07, 6.45) is 1.42. The molecule has 0 aliphatic carbocycles. The average Bonchev–Trinajstić information content (AvgIpc) is 3.05. The van der Waals surface area contributed by atoms with Gasteiger partial charge in [0.2, 0.25) is 0 Å². The van der Waals surface area contributed by atoms with E-state index in [9.17, 15) is 10.5 Å². The van der Waals surface area contributed by atoms with Crippen molar-refractivity contribution in [3.05, 3.63) is 35.1 Å². The molecule has 0 radical (unpaired) electrons. The maximum Gasteiger partial charge on any atom is 0.341 e. The summed E-state index contributed by atoms with van der Waals surface area (Å²) in [6.45, 7) is 1.55. The van der Waals surface area contributed by atoms with Crippen LogP contribution in [-0.4, -0.2) is 22.2 Å². The minimum absolute atomic E-state index is 0.290. The molecule has 0 spiro atoms. The van der Waals surface area contributed by atoms with E-state index in [1.165, 1.54) is 18.2 Å². The minimum Gasteiger partial charge on any atom is -0.762 e. The number of hydrogen-bond acceptors (Lipinski definition) is 6. The van der Waals surface area contributed by atoms with Crippen molar-refractivity contribution in [3.8, 4) is 18.2 Å². The fourth-order valence-electron chi connectivity index (χ4n) is 1.58. The molecule has 9 heteroatoms. The normalized spacial score (nSPS) is 12.2. The predicted octanol–water partition coefficient (Wildman–Crippen LogP) is -0.393. The van der Waals surface area contributed by atoms with Gasteiger partial charge in [-0.05, 0) is 19.1 Å². The Morgan fingerprint density at radius 2 is 2.09 bits per heavy atom. The van der Waals surface area contributed by atoms with Gasteiger partial charge in [0.15, 0.2) is 17.9 Å². The van der Waals surface area contributed by atoms with E-state index >= 15 is 0 Å². The molecule has 8 nitrogen and oxygen atoms in total. The van der Waals surface area contributed by atoms with Crippen LogP contribution in [0.3, 0.4) is 0 Å². The van der Waals surface area contributed by atoms with Crippen LogP contribution < -0.4 is 10.7 Å². The van der Waals surface area contributed by atoms with Crippen LogP contribution in [0.15, 0.2) is 33.5 Å². The third kappa shape index (κ3) is 2.90. The number of quaternary nitrogens is 1. The van der Waals surface area contributed by atoms with E-state index in [2.05, 4.69) is 5.10 Å². The summed E-state index contributed by atoms with van der Waals surface area (Å²) >= 11 is 4.83. The topological polar surface area (TPSA) is 150 Å². The lowest BCUT2D eigenvalue weighted by Gasteiger charge is -2.22. The zero-order valence-electron chi connectivity index (χ0n) is 11.4. The molecular weight excluding hydrogens is 302 g/mol. The minimum atomic E-state index is -2.26. The van der Waals surface area contributed by atoms with E-state index in [0.29, 0.717) is 5.76 Å². The number of nitrogens with one attached hydrogen (secondary N) is 1. The van der Waals surface area contributed by atoms with Gasteiger partial charge in [0.1, 0.15) is 17.4 Å². The lowest BCUT2D eigenvalue weighted by Crippen LogP contribution is -3.20. The maximum absolute atomic E-state index is 9.35. The molecule has 0 amide bonds. The predicted molar refractivity (Wildman–Crippen MR) is 80.1 cm³/mol. The largest absolute Gasteiger partial charge is 0.762 e. The van der Waals surface area contributed by atoms with Crippen LogP contribution in [0.25, 0.3) is 5.41 Å². The summed E-state index contributed by atoms with van der Waals surface area (Å²) in [5, 5.41) is 40.0. The Morgan fingerprint density at radius 3 is 2.45 bits per heavy atom. The molecule has 0 aliphatic heterocycles. The van der Waals surface area contributed by atoms with E-state index in [1.807, 2.05) is 0 Å². The van der Waals surface area contributed by atoms with Crippen LogP contribution in [0, 0.1) is 34.0 Å². The van der Waals surface area contributed by atoms with Crippen LogP contribution in [0.4, 0.5) is 0 Å². The Labute approximate surface area is 131 Å². The second-order valence-electron chi connectivity index (χ2n) is 3.96. The lowest BCUT2D eigenvalue weighted by molar-refractivity contribution is -0.843. The Hall–Kier alpha value is -3.28. The maximum atomic E-state index is 9.35. The van der Waals surface area contributed by atoms with Crippen molar-refractivity contribution in [2.75, 3.05) is 0 Å². The third-order valence-corrected chi connectivity index (χ3v) is 2.87. The molecule has 1 aromatic rings. The van der Waals surface area contributed by atoms with Crippen molar-refractivity contribution in [1.29, 1.82) is 15.8 Å². The third-order valence-electron chi connectivity index (χ3n) is 2.68. The van der Waals surface area contributed by atoms with Crippen LogP contribution >= 0.6 is 12.2 Å². The summed E-state index contributed by atoms with van der Waals surface area (Å²) in [7, 11) is 0. The molecule has 1 unspecified atom stereocenters. The summed E-state index contributed by atoms with van der Waals surface area (Å²) in [5.41, 5.74) is 2.92. The molecule has 0 aliphatic rings. The van der Waals surface area contributed by atoms with E-state index in [1.54, 1.807) is 31.2 Å². The molecular formula is C13H9N7OS. The summed E-state index contributed by atoms with van der Waals surface area (Å²) < 4.78 is 5.14. The number of nitrogens with two attached hydrogens (primary N) is 1. The highest BCUT2D eigenvalue weighted by atomic mass is 32.1. The molecule has 1 heterocycles. The first-order valence-electron chi connectivity index (χ1n) is 5.73. The first-order valence-corrected chi connectivity index (χ1v) is 6.14. The van der Waals surface area contributed by atoms with Crippen molar-refractivity contribution < 1.29 is 9.43 Å². The summed E-state index contributed by atoms with van der Waals surface area (Å²) in [5.74, 6) is 1.89. The molecule has 0 bridgehead atoms. The van der Waals surface area contributed by atoms with E-state index in [0.717, 1.165) is 0 Å². The standard InChI is InChI=1S/C13H8N7OS/c1-9(11-3-2-4-21-11)19-20(12(18)22)13(7-16,8-17)10(5-14)6-15/h2-4H,1H3,(H2,18,22)/q-1/p+1/b19-9-. The van der Waals surface area contributed by atoms with Crippen molar-refractivity contribution in [2.45, 2.75) is 12.5 Å². The van der Waals surface area contributed by atoms with Gasteiger partial charge in [-0.25, -0.2) is 5.87 Å². The molecule has 1 rings (SSSR count). The van der Waals surface area contributed by atoms with Gasteiger partial charge in [0, 0.05) is 12.2 Å². The SMILES string of the molecule is C/C(=N/[NH+](C(N)=S)C(C#N)(C#N)C(=C=[N-])C#N)c1ccco1. The Kier molecular flexibility index (Phi) is 5.29. The Bertz CT molecular complexity index is 768. The fourth-order valence-corrected chi connectivity index (χ4v) is 1.78. The molecule has 0 saturated carbocycles. The highest BCUT2D eigenvalue weighted by molar-refractivity contribution is 7.79. The molecule has 108 valence electrons. The first-order chi connectivity index (χ1) is 10.5. The average molecular weight is 311 g/mol. The molecule has 0 aromatic carbocycles. The zero-order valence-corrected chi connectivity index (χ0v) is 12.2. The van der Waals surface area contributed by atoms with Crippen LogP contribution in [-0.2, 0) is 0 Å². The smallest absolute Gasteiger partial charge is 0.341 e. The second-order valence-corrected chi connectivity index (χ2v) is 4.40. The van der Waals surface area contributed by atoms with Gasteiger partial charge in [-0.1, -0.05) is 5.10 Å². The number of nitriles is 3. The molecule has 0 saturated heterocycles. The second kappa shape index (κ2) is 6.94. The van der Waals surface area contributed by atoms with Crippen LogP contribution in [0.1, 0.15) is 12.7 Å². The van der Waals surface area contributed by atoms with Gasteiger partial charge >= 0.3 is 5.54 Å². The summed E-state index contributed by atoms with van der Waals surface area (Å²) in [6, 6.07) is 7.98. The van der Waals surface area contributed by atoms with Gasteiger partial charge in [0.05, 0.1) is 6.26 Å². The van der Waals surface area contributed by atoms with Gasteiger partial charge in [-0.15, -0.1) is 5.01 Å². The Morgan fingerprint density at radius 1 is 1.45 bits per heavy atom. The number of hydrogen-bond donors (Lipinski definition) is 2. The highest BCUT2D eigenvalue weighted by Gasteiger charge is 2.49. The molecule has 1 aromatic heterocycles.